The molecule has 0 radical (unpaired) electrons. The Hall–Kier alpha value is -2.28. The van der Waals surface area contributed by atoms with Gasteiger partial charge in [-0.05, 0) is 6.26 Å². The van der Waals surface area contributed by atoms with E-state index in [4.69, 9.17) is 11.0 Å². The lowest BCUT2D eigenvalue weighted by Crippen LogP contribution is -1.99. The van der Waals surface area contributed by atoms with Gasteiger partial charge in [-0.1, -0.05) is 25.5 Å². The number of anilines is 1. The molecule has 0 saturated carbocycles. The Bertz CT molecular complexity index is 722. The highest BCUT2D eigenvalue weighted by molar-refractivity contribution is 7.98. The molecule has 0 unspecified atom stereocenters. The molecule has 1 aliphatic rings. The fourth-order valence-electron chi connectivity index (χ4n) is 2.27. The van der Waals surface area contributed by atoms with Crippen LogP contribution in [0.4, 0.5) is 11.5 Å². The van der Waals surface area contributed by atoms with Crippen LogP contribution in [-0.4, -0.2) is 32.5 Å². The summed E-state index contributed by atoms with van der Waals surface area (Å²) in [6.45, 7) is 0.403. The predicted octanol–water partition coefficient (Wildman–Crippen LogP) is 2.28. The smallest absolute Gasteiger partial charge is 0.333 e. The summed E-state index contributed by atoms with van der Waals surface area (Å²) in [4.78, 5) is 14.0. The average molecular weight is 318 g/mol. The minimum Gasteiger partial charge on any atom is -0.384 e. The first kappa shape index (κ1) is 16.1. The van der Waals surface area contributed by atoms with Crippen LogP contribution in [0.2, 0.25) is 12.6 Å². The second-order valence-corrected chi connectivity index (χ2v) is 5.68. The normalized spacial score (nSPS) is 13.5. The number of nitriles is 1. The van der Waals surface area contributed by atoms with Gasteiger partial charge in [0.05, 0.1) is 4.92 Å². The Morgan fingerprint density at radius 1 is 1.55 bits per heavy atom. The first-order chi connectivity index (χ1) is 10.6. The lowest BCUT2D eigenvalue weighted by Gasteiger charge is -2.00. The minimum absolute atomic E-state index is 0.141. The molecule has 22 heavy (non-hydrogen) atoms. The molecule has 0 aliphatic carbocycles. The van der Waals surface area contributed by atoms with Crippen LogP contribution < -0.4 is 5.73 Å². The monoisotopic (exact) mass is 318 g/mol. The third kappa shape index (κ3) is 3.48. The molecule has 0 spiro atoms. The molecule has 1 aliphatic heterocycles. The summed E-state index contributed by atoms with van der Waals surface area (Å²) in [6, 6.07) is 1.62. The maximum atomic E-state index is 10.7. The Balaban J connectivity index is 0.000000211. The van der Waals surface area contributed by atoms with Gasteiger partial charge in [-0.3, -0.25) is 10.1 Å². The number of thioether (sulfide) groups is 1. The van der Waals surface area contributed by atoms with Gasteiger partial charge in [-0.2, -0.15) is 5.10 Å². The Morgan fingerprint density at radius 2 is 2.23 bits per heavy atom. The van der Waals surface area contributed by atoms with Gasteiger partial charge in [0.15, 0.2) is 0 Å². The molecule has 0 bridgehead atoms. The highest BCUT2D eigenvalue weighted by Gasteiger charge is 2.19. The van der Waals surface area contributed by atoms with E-state index in [1.165, 1.54) is 35.3 Å². The van der Waals surface area contributed by atoms with E-state index in [1.807, 2.05) is 6.26 Å². The quantitative estimate of drug-likeness (QED) is 0.296. The predicted molar refractivity (Wildman–Crippen MR) is 86.0 cm³/mol. The number of rotatable bonds is 2. The van der Waals surface area contributed by atoms with Gasteiger partial charge in [0.2, 0.25) is 5.65 Å². The average Bonchev–Trinajstić information content (AvgIpc) is 3.15. The third-order valence-corrected chi connectivity index (χ3v) is 4.09. The van der Waals surface area contributed by atoms with E-state index < -0.39 is 4.92 Å². The molecule has 0 atom stereocenters. The number of nitro groups is 1. The molecule has 2 aromatic heterocycles. The molecule has 2 N–H and O–H groups in total. The molecule has 2 aromatic rings. The SMILES string of the molecule is CSc1cc(N)nc2c([N+](=O)[O-])cnn12.N#CB1CCCC1. The van der Waals surface area contributed by atoms with E-state index in [0.717, 1.165) is 12.6 Å². The number of hydrogen-bond acceptors (Lipinski definition) is 7. The second-order valence-electron chi connectivity index (χ2n) is 4.86. The summed E-state index contributed by atoms with van der Waals surface area (Å²) in [7, 11) is 0. The zero-order valence-electron chi connectivity index (χ0n) is 12.1. The Labute approximate surface area is 131 Å². The van der Waals surface area contributed by atoms with Gasteiger partial charge in [-0.25, -0.2) is 14.8 Å². The lowest BCUT2D eigenvalue weighted by molar-refractivity contribution is -0.383. The van der Waals surface area contributed by atoms with Crippen LogP contribution in [0.5, 0.6) is 0 Å². The molecule has 3 rings (SSSR count). The maximum Gasteiger partial charge on any atom is 0.333 e. The molecule has 8 nitrogen and oxygen atoms in total. The van der Waals surface area contributed by atoms with Gasteiger partial charge >= 0.3 is 5.69 Å². The van der Waals surface area contributed by atoms with Gasteiger partial charge in [-0.15, -0.1) is 11.8 Å². The van der Waals surface area contributed by atoms with E-state index >= 15 is 0 Å². The molecule has 3 heterocycles. The molecular formula is C12H15BN6O2S. The van der Waals surface area contributed by atoms with Crippen LogP contribution >= 0.6 is 11.8 Å². The molecule has 114 valence electrons. The highest BCUT2D eigenvalue weighted by atomic mass is 32.2. The van der Waals surface area contributed by atoms with Gasteiger partial charge in [0.25, 0.3) is 6.71 Å². The summed E-state index contributed by atoms with van der Waals surface area (Å²) < 4.78 is 1.40. The molecule has 0 aromatic carbocycles. The van der Waals surface area contributed by atoms with Crippen LogP contribution in [0.3, 0.4) is 0 Å². The summed E-state index contributed by atoms with van der Waals surface area (Å²) in [6.07, 6.45) is 7.85. The van der Waals surface area contributed by atoms with Crippen molar-refractivity contribution in [2.24, 2.45) is 0 Å². The standard InChI is InChI=1S/C7H7N5O2S.C5H8BN/c1-15-6-2-5(8)10-7-4(12(13)14)3-9-11(6)7;7-5-6-3-1-2-4-6/h2-3H,1H3,(H2,8,10);1-4H2. The van der Waals surface area contributed by atoms with Crippen molar-refractivity contribution in [3.63, 3.8) is 0 Å². The van der Waals surface area contributed by atoms with Crippen LogP contribution in [0.1, 0.15) is 12.8 Å². The van der Waals surface area contributed by atoms with E-state index in [-0.39, 0.29) is 17.2 Å². The molecule has 1 fully saturated rings. The number of nitrogen functional groups attached to an aromatic ring is 1. The number of hydrogen-bond donors (Lipinski definition) is 1. The maximum absolute atomic E-state index is 10.7. The third-order valence-electron chi connectivity index (χ3n) is 3.38. The number of nitrogens with two attached hydrogens (primary N) is 1. The number of nitrogens with zero attached hydrogens (tertiary/aromatic N) is 5. The summed E-state index contributed by atoms with van der Waals surface area (Å²) in [5, 5.41) is 23.6. The Kier molecular flexibility index (Phi) is 5.22. The fourth-order valence-corrected chi connectivity index (χ4v) is 2.82. The lowest BCUT2D eigenvalue weighted by atomic mass is 9.50. The van der Waals surface area contributed by atoms with E-state index in [1.54, 1.807) is 6.07 Å². The van der Waals surface area contributed by atoms with E-state index in [9.17, 15) is 10.1 Å². The van der Waals surface area contributed by atoms with Gasteiger partial charge < -0.3 is 5.73 Å². The van der Waals surface area contributed by atoms with E-state index in [2.05, 4.69) is 16.1 Å². The van der Waals surface area contributed by atoms with Gasteiger partial charge in [0, 0.05) is 12.0 Å². The molecular weight excluding hydrogens is 303 g/mol. The number of aromatic nitrogens is 3. The van der Waals surface area contributed by atoms with E-state index in [0.29, 0.717) is 11.7 Å². The second kappa shape index (κ2) is 7.13. The fraction of sp³-hybridized carbons (Fsp3) is 0.417. The van der Waals surface area contributed by atoms with Crippen molar-refractivity contribution in [3.05, 3.63) is 22.4 Å². The molecule has 10 heteroatoms. The highest BCUT2D eigenvalue weighted by Crippen LogP contribution is 2.24. The Morgan fingerprint density at radius 3 is 2.73 bits per heavy atom. The van der Waals surface area contributed by atoms with Crippen molar-refractivity contribution in [1.29, 1.82) is 5.26 Å². The van der Waals surface area contributed by atoms with Crippen molar-refractivity contribution in [2.45, 2.75) is 30.5 Å². The topological polar surface area (TPSA) is 123 Å². The molecule has 1 saturated heterocycles. The first-order valence-electron chi connectivity index (χ1n) is 6.79. The minimum atomic E-state index is -0.529. The van der Waals surface area contributed by atoms with Crippen molar-refractivity contribution < 1.29 is 4.92 Å². The van der Waals surface area contributed by atoms with Crippen LogP contribution in [0, 0.1) is 21.3 Å². The van der Waals surface area contributed by atoms with Crippen molar-refractivity contribution in [3.8, 4) is 5.97 Å². The van der Waals surface area contributed by atoms with Crippen molar-refractivity contribution in [1.82, 2.24) is 14.6 Å². The van der Waals surface area contributed by atoms with Crippen molar-refractivity contribution >= 4 is 35.6 Å². The summed E-state index contributed by atoms with van der Waals surface area (Å²) >= 11 is 1.40. The van der Waals surface area contributed by atoms with Crippen LogP contribution in [0.15, 0.2) is 17.3 Å². The summed E-state index contributed by atoms with van der Waals surface area (Å²) in [5.41, 5.74) is 5.57. The van der Waals surface area contributed by atoms with Gasteiger partial charge in [0.1, 0.15) is 17.0 Å². The number of fused-ring (bicyclic) bond motifs is 1. The van der Waals surface area contributed by atoms with Crippen LogP contribution in [-0.2, 0) is 0 Å². The zero-order valence-corrected chi connectivity index (χ0v) is 12.9. The molecule has 0 amide bonds. The van der Waals surface area contributed by atoms with Crippen LogP contribution in [0.25, 0.3) is 5.65 Å². The zero-order chi connectivity index (χ0) is 16.1. The largest absolute Gasteiger partial charge is 0.384 e. The summed E-state index contributed by atoms with van der Waals surface area (Å²) in [5.74, 6) is 2.51. The van der Waals surface area contributed by atoms with Crippen molar-refractivity contribution in [2.75, 3.05) is 12.0 Å². The first-order valence-corrected chi connectivity index (χ1v) is 8.01.